The lowest BCUT2D eigenvalue weighted by Crippen LogP contribution is -2.06. The van der Waals surface area contributed by atoms with E-state index in [1.807, 2.05) is 23.5 Å². The highest BCUT2D eigenvalue weighted by molar-refractivity contribution is 8.07. The summed E-state index contributed by atoms with van der Waals surface area (Å²) >= 11 is 4.04. The molecule has 3 atom stereocenters. The number of benzene rings is 1. The van der Waals surface area contributed by atoms with Gasteiger partial charge in [0.15, 0.2) is 0 Å². The summed E-state index contributed by atoms with van der Waals surface area (Å²) in [7, 11) is 0. The van der Waals surface area contributed by atoms with Crippen molar-refractivity contribution in [2.75, 3.05) is 19.0 Å². The van der Waals surface area contributed by atoms with Crippen molar-refractivity contribution < 1.29 is 4.74 Å². The fraction of sp³-hybridized carbons (Fsp3) is 0.500. The maximum Gasteiger partial charge on any atom is 0.0599 e. The first-order valence-corrected chi connectivity index (χ1v) is 7.32. The van der Waals surface area contributed by atoms with Gasteiger partial charge in [0.2, 0.25) is 0 Å². The van der Waals surface area contributed by atoms with Crippen molar-refractivity contribution in [1.82, 2.24) is 0 Å². The van der Waals surface area contributed by atoms with Crippen LogP contribution in [0.2, 0.25) is 0 Å². The molecule has 0 amide bonds. The van der Waals surface area contributed by atoms with Gasteiger partial charge in [-0.2, -0.15) is 11.8 Å². The maximum atomic E-state index is 5.69. The zero-order valence-electron chi connectivity index (χ0n) is 8.46. The average molecular weight is 238 g/mol. The van der Waals surface area contributed by atoms with Crippen LogP contribution in [-0.4, -0.2) is 29.5 Å². The number of hydrogen-bond acceptors (Lipinski definition) is 3. The van der Waals surface area contributed by atoms with Crippen LogP contribution < -0.4 is 0 Å². The van der Waals surface area contributed by atoms with Crippen molar-refractivity contribution in [3.63, 3.8) is 0 Å². The molecule has 2 heterocycles. The molecule has 0 aromatic heterocycles. The molecule has 3 unspecified atom stereocenters. The molecule has 0 bridgehead atoms. The molecule has 0 radical (unpaired) electrons. The van der Waals surface area contributed by atoms with Crippen molar-refractivity contribution in [1.29, 1.82) is 0 Å². The summed E-state index contributed by atoms with van der Waals surface area (Å²) in [4.78, 5) is 0. The SMILES string of the molecule is c1ccc(C2SC2COCC2CS2)cc1. The maximum absolute atomic E-state index is 5.69. The van der Waals surface area contributed by atoms with E-state index in [-0.39, 0.29) is 0 Å². The average Bonchev–Trinajstić information content (AvgIpc) is 3.13. The molecule has 3 heteroatoms. The minimum Gasteiger partial charge on any atom is -0.379 e. The third-order valence-corrected chi connectivity index (χ3v) is 4.98. The van der Waals surface area contributed by atoms with E-state index < -0.39 is 0 Å². The Morgan fingerprint density at radius 1 is 1.20 bits per heavy atom. The van der Waals surface area contributed by atoms with Crippen LogP contribution in [0.1, 0.15) is 10.8 Å². The van der Waals surface area contributed by atoms with Crippen molar-refractivity contribution >= 4 is 23.5 Å². The van der Waals surface area contributed by atoms with E-state index in [1.165, 1.54) is 11.3 Å². The molecule has 1 nitrogen and oxygen atoms in total. The molecule has 2 saturated heterocycles. The predicted octanol–water partition coefficient (Wildman–Crippen LogP) is 2.98. The summed E-state index contributed by atoms with van der Waals surface area (Å²) in [6.07, 6.45) is 0. The zero-order valence-corrected chi connectivity index (χ0v) is 10.1. The first kappa shape index (κ1) is 10.1. The van der Waals surface area contributed by atoms with Gasteiger partial charge in [-0.1, -0.05) is 30.3 Å². The minimum atomic E-state index is 0.693. The van der Waals surface area contributed by atoms with Gasteiger partial charge in [0.05, 0.1) is 13.2 Å². The smallest absolute Gasteiger partial charge is 0.0599 e. The zero-order chi connectivity index (χ0) is 10.1. The van der Waals surface area contributed by atoms with Crippen molar-refractivity contribution in [2.45, 2.75) is 15.7 Å². The number of rotatable bonds is 5. The van der Waals surface area contributed by atoms with Crippen LogP contribution in [0.25, 0.3) is 0 Å². The second-order valence-electron chi connectivity index (χ2n) is 4.00. The number of hydrogen-bond donors (Lipinski definition) is 0. The van der Waals surface area contributed by atoms with Gasteiger partial charge in [-0.3, -0.25) is 0 Å². The third kappa shape index (κ3) is 2.71. The molecule has 2 aliphatic rings. The van der Waals surface area contributed by atoms with E-state index in [4.69, 9.17) is 4.74 Å². The lowest BCUT2D eigenvalue weighted by atomic mass is 10.1. The topological polar surface area (TPSA) is 9.23 Å². The molecule has 0 spiro atoms. The lowest BCUT2D eigenvalue weighted by molar-refractivity contribution is 0.147. The fourth-order valence-electron chi connectivity index (χ4n) is 1.69. The van der Waals surface area contributed by atoms with Gasteiger partial charge in [0.25, 0.3) is 0 Å². The highest BCUT2D eigenvalue weighted by Crippen LogP contribution is 2.54. The van der Waals surface area contributed by atoms with E-state index in [2.05, 4.69) is 30.3 Å². The van der Waals surface area contributed by atoms with Gasteiger partial charge < -0.3 is 4.74 Å². The predicted molar refractivity (Wildman–Crippen MR) is 67.6 cm³/mol. The van der Waals surface area contributed by atoms with Crippen LogP contribution in [0.5, 0.6) is 0 Å². The lowest BCUT2D eigenvalue weighted by Gasteiger charge is -2.00. The second kappa shape index (κ2) is 4.40. The van der Waals surface area contributed by atoms with Crippen LogP contribution >= 0.6 is 23.5 Å². The molecule has 80 valence electrons. The summed E-state index contributed by atoms with van der Waals surface area (Å²) in [5.74, 6) is 1.31. The Morgan fingerprint density at radius 2 is 2.00 bits per heavy atom. The Kier molecular flexibility index (Phi) is 2.95. The molecule has 1 aromatic carbocycles. The van der Waals surface area contributed by atoms with Crippen LogP contribution in [0.15, 0.2) is 30.3 Å². The summed E-state index contributed by atoms with van der Waals surface area (Å²) in [5, 5.41) is 2.21. The standard InChI is InChI=1S/C12H14OS2/c1-2-4-9(5-3-1)12-11(15-12)7-13-6-10-8-14-10/h1-5,10-12H,6-8H2. The van der Waals surface area contributed by atoms with Gasteiger partial charge in [-0.15, -0.1) is 11.8 Å². The Morgan fingerprint density at radius 3 is 2.73 bits per heavy atom. The third-order valence-electron chi connectivity index (χ3n) is 2.70. The van der Waals surface area contributed by atoms with Crippen LogP contribution in [-0.2, 0) is 4.74 Å². The Balaban J connectivity index is 1.43. The summed E-state index contributed by atoms with van der Waals surface area (Å²) < 4.78 is 5.69. The number of thioether (sulfide) groups is 2. The Hall–Kier alpha value is -0.120. The van der Waals surface area contributed by atoms with Gasteiger partial charge in [0, 0.05) is 21.5 Å². The van der Waals surface area contributed by atoms with Gasteiger partial charge in [0.1, 0.15) is 0 Å². The van der Waals surface area contributed by atoms with Gasteiger partial charge >= 0.3 is 0 Å². The monoisotopic (exact) mass is 238 g/mol. The highest BCUT2D eigenvalue weighted by Gasteiger charge is 2.39. The first-order valence-electron chi connectivity index (χ1n) is 5.33. The second-order valence-corrected chi connectivity index (χ2v) is 6.72. The largest absolute Gasteiger partial charge is 0.379 e. The first-order chi connectivity index (χ1) is 7.43. The van der Waals surface area contributed by atoms with Crippen LogP contribution in [0.4, 0.5) is 0 Å². The van der Waals surface area contributed by atoms with Crippen molar-refractivity contribution in [2.24, 2.45) is 0 Å². The quantitative estimate of drug-likeness (QED) is 0.730. The normalized spacial score (nSPS) is 32.7. The summed E-state index contributed by atoms with van der Waals surface area (Å²) in [6, 6.07) is 10.7. The van der Waals surface area contributed by atoms with E-state index >= 15 is 0 Å². The van der Waals surface area contributed by atoms with E-state index in [0.717, 1.165) is 18.5 Å². The highest BCUT2D eigenvalue weighted by atomic mass is 32.2. The molecule has 0 N–H and O–H groups in total. The van der Waals surface area contributed by atoms with Crippen LogP contribution in [0, 0.1) is 0 Å². The summed E-state index contributed by atoms with van der Waals surface area (Å²) in [5.41, 5.74) is 1.46. The van der Waals surface area contributed by atoms with Gasteiger partial charge in [-0.25, -0.2) is 0 Å². The van der Waals surface area contributed by atoms with E-state index in [0.29, 0.717) is 10.5 Å². The van der Waals surface area contributed by atoms with Crippen molar-refractivity contribution in [3.8, 4) is 0 Å². The van der Waals surface area contributed by atoms with E-state index in [9.17, 15) is 0 Å². The molecule has 1 aromatic rings. The summed E-state index contributed by atoms with van der Waals surface area (Å²) in [6.45, 7) is 1.89. The van der Waals surface area contributed by atoms with Gasteiger partial charge in [-0.05, 0) is 5.56 Å². The van der Waals surface area contributed by atoms with Crippen molar-refractivity contribution in [3.05, 3.63) is 35.9 Å². The molecule has 0 aliphatic carbocycles. The van der Waals surface area contributed by atoms with E-state index in [1.54, 1.807) is 0 Å². The molecular formula is C12H14OS2. The van der Waals surface area contributed by atoms with Crippen LogP contribution in [0.3, 0.4) is 0 Å². The molecular weight excluding hydrogens is 224 g/mol. The Bertz CT molecular complexity index is 324. The molecule has 0 saturated carbocycles. The Labute approximate surface area is 99.0 Å². The molecule has 2 aliphatic heterocycles. The fourth-order valence-corrected chi connectivity index (χ4v) is 3.12. The molecule has 3 rings (SSSR count). The molecule has 2 fully saturated rings. The number of ether oxygens (including phenoxy) is 1. The minimum absolute atomic E-state index is 0.693. The molecule has 15 heavy (non-hydrogen) atoms.